The number of hydrogen-bond acceptors (Lipinski definition) is 2. The Morgan fingerprint density at radius 3 is 2.20 bits per heavy atom. The van der Waals surface area contributed by atoms with Crippen molar-refractivity contribution in [2.45, 2.75) is 19.9 Å². The molecule has 0 saturated heterocycles. The van der Waals surface area contributed by atoms with Crippen LogP contribution in [0.2, 0.25) is 0 Å². The van der Waals surface area contributed by atoms with Gasteiger partial charge in [-0.1, -0.05) is 36.4 Å². The quantitative estimate of drug-likeness (QED) is 0.582. The van der Waals surface area contributed by atoms with E-state index in [1.807, 2.05) is 0 Å². The molecule has 3 atom stereocenters. The lowest BCUT2D eigenvalue weighted by molar-refractivity contribution is 0.359. The first-order valence-corrected chi connectivity index (χ1v) is 5.17. The van der Waals surface area contributed by atoms with Crippen LogP contribution >= 0.6 is 22.6 Å². The summed E-state index contributed by atoms with van der Waals surface area (Å²) in [7, 11) is 0. The van der Waals surface area contributed by atoms with Crippen LogP contribution in [0.4, 0.5) is 0 Å². The largest absolute Gasteiger partial charge is 0.329 e. The highest BCUT2D eigenvalue weighted by Crippen LogP contribution is 2.15. The second-order valence-corrected chi connectivity index (χ2v) is 3.77. The fourth-order valence-electron chi connectivity index (χ4n) is 0.777. The normalized spacial score (nSPS) is 20.1. The van der Waals surface area contributed by atoms with Gasteiger partial charge in [0.05, 0.1) is 0 Å². The van der Waals surface area contributed by atoms with Gasteiger partial charge in [0.15, 0.2) is 0 Å². The van der Waals surface area contributed by atoms with Gasteiger partial charge in [-0.15, -0.1) is 0 Å². The Labute approximate surface area is 76.9 Å². The number of rotatable bonds is 4. The minimum Gasteiger partial charge on any atom is -0.329 e. The number of hydrogen-bond donors (Lipinski definition) is 2. The molecule has 10 heavy (non-hydrogen) atoms. The highest BCUT2D eigenvalue weighted by Gasteiger charge is 2.16. The monoisotopic (exact) mass is 256 g/mol. The van der Waals surface area contributed by atoms with Gasteiger partial charge in [-0.25, -0.2) is 0 Å². The standard InChI is InChI=1S/C7H17IN2/c1-5(3-8)6(2)7(10)4-9/h5-7H,3-4,9-10H2,1-2H3/t5-,6?,7?/m0/s1. The molecule has 0 spiro atoms. The molecule has 0 aromatic rings. The maximum absolute atomic E-state index is 5.76. The number of alkyl halides is 1. The minimum atomic E-state index is 0.171. The van der Waals surface area contributed by atoms with E-state index in [-0.39, 0.29) is 6.04 Å². The maximum atomic E-state index is 5.76. The summed E-state index contributed by atoms with van der Waals surface area (Å²) in [6.45, 7) is 4.98. The second kappa shape index (κ2) is 5.32. The highest BCUT2D eigenvalue weighted by atomic mass is 127. The van der Waals surface area contributed by atoms with Crippen molar-refractivity contribution in [3.63, 3.8) is 0 Å². The Hall–Kier alpha value is 0.650. The van der Waals surface area contributed by atoms with E-state index < -0.39 is 0 Å². The molecule has 0 aliphatic carbocycles. The van der Waals surface area contributed by atoms with Crippen LogP contribution in [0.3, 0.4) is 0 Å². The minimum absolute atomic E-state index is 0.171. The Morgan fingerprint density at radius 2 is 1.90 bits per heavy atom. The summed E-state index contributed by atoms with van der Waals surface area (Å²) in [6, 6.07) is 0.171. The summed E-state index contributed by atoms with van der Waals surface area (Å²) < 4.78 is 1.16. The van der Waals surface area contributed by atoms with E-state index >= 15 is 0 Å². The summed E-state index contributed by atoms with van der Waals surface area (Å²) in [5.41, 5.74) is 11.2. The molecule has 0 aromatic carbocycles. The fourth-order valence-corrected chi connectivity index (χ4v) is 1.58. The lowest BCUT2D eigenvalue weighted by atomic mass is 9.91. The van der Waals surface area contributed by atoms with Crippen molar-refractivity contribution in [2.24, 2.45) is 23.3 Å². The van der Waals surface area contributed by atoms with Gasteiger partial charge in [0.1, 0.15) is 0 Å². The van der Waals surface area contributed by atoms with Crippen LogP contribution in [0, 0.1) is 11.8 Å². The average Bonchev–Trinajstić information content (AvgIpc) is 2.00. The van der Waals surface area contributed by atoms with Crippen LogP contribution in [-0.2, 0) is 0 Å². The molecule has 2 nitrogen and oxygen atoms in total. The van der Waals surface area contributed by atoms with Gasteiger partial charge in [-0.3, -0.25) is 0 Å². The molecule has 4 N–H and O–H groups in total. The van der Waals surface area contributed by atoms with Crippen molar-refractivity contribution in [3.8, 4) is 0 Å². The molecular weight excluding hydrogens is 239 g/mol. The summed E-state index contributed by atoms with van der Waals surface area (Å²) in [6.07, 6.45) is 0. The first-order chi connectivity index (χ1) is 4.63. The molecule has 0 fully saturated rings. The zero-order chi connectivity index (χ0) is 8.15. The van der Waals surface area contributed by atoms with Crippen LogP contribution in [-0.4, -0.2) is 17.0 Å². The van der Waals surface area contributed by atoms with Crippen molar-refractivity contribution in [1.82, 2.24) is 0 Å². The number of nitrogens with two attached hydrogens (primary N) is 2. The van der Waals surface area contributed by atoms with Gasteiger partial charge in [-0.2, -0.15) is 0 Å². The smallest absolute Gasteiger partial charge is 0.0191 e. The van der Waals surface area contributed by atoms with Crippen molar-refractivity contribution in [1.29, 1.82) is 0 Å². The maximum Gasteiger partial charge on any atom is 0.0191 e. The molecule has 0 amide bonds. The molecular formula is C7H17IN2. The molecule has 0 radical (unpaired) electrons. The van der Waals surface area contributed by atoms with Crippen LogP contribution in [0.25, 0.3) is 0 Å². The first kappa shape index (κ1) is 10.7. The third-order valence-electron chi connectivity index (χ3n) is 2.09. The topological polar surface area (TPSA) is 52.0 Å². The molecule has 0 aromatic heterocycles. The summed E-state index contributed by atoms with van der Waals surface area (Å²) in [5, 5.41) is 0. The molecule has 0 aliphatic heterocycles. The van der Waals surface area contributed by atoms with Crippen LogP contribution in [0.15, 0.2) is 0 Å². The van der Waals surface area contributed by atoms with Gasteiger partial charge < -0.3 is 11.5 Å². The lowest BCUT2D eigenvalue weighted by Crippen LogP contribution is -2.39. The van der Waals surface area contributed by atoms with Crippen molar-refractivity contribution >= 4 is 22.6 Å². The van der Waals surface area contributed by atoms with E-state index in [0.717, 1.165) is 4.43 Å². The summed E-state index contributed by atoms with van der Waals surface area (Å²) in [5.74, 6) is 1.22. The van der Waals surface area contributed by atoms with E-state index in [9.17, 15) is 0 Å². The SMILES string of the molecule is CC(C(N)CN)[C@@H](C)CI. The Balaban J connectivity index is 3.69. The predicted molar refractivity (Wildman–Crippen MR) is 54.2 cm³/mol. The molecule has 0 aliphatic rings. The van der Waals surface area contributed by atoms with E-state index in [4.69, 9.17) is 11.5 Å². The zero-order valence-corrected chi connectivity index (χ0v) is 8.84. The molecule has 0 saturated carbocycles. The van der Waals surface area contributed by atoms with Crippen molar-refractivity contribution in [2.75, 3.05) is 11.0 Å². The average molecular weight is 256 g/mol. The van der Waals surface area contributed by atoms with E-state index in [1.165, 1.54) is 0 Å². The summed E-state index contributed by atoms with van der Waals surface area (Å²) in [4.78, 5) is 0. The predicted octanol–water partition coefficient (Wildman–Crippen LogP) is 0.980. The lowest BCUT2D eigenvalue weighted by Gasteiger charge is -2.23. The van der Waals surface area contributed by atoms with Gasteiger partial charge >= 0.3 is 0 Å². The second-order valence-electron chi connectivity index (χ2n) is 2.89. The zero-order valence-electron chi connectivity index (χ0n) is 6.68. The Kier molecular flexibility index (Phi) is 5.67. The molecule has 3 heteroatoms. The van der Waals surface area contributed by atoms with Crippen molar-refractivity contribution in [3.05, 3.63) is 0 Å². The summed E-state index contributed by atoms with van der Waals surface area (Å²) >= 11 is 2.38. The number of halogens is 1. The molecule has 2 unspecified atom stereocenters. The molecule has 0 rings (SSSR count). The van der Waals surface area contributed by atoms with Gasteiger partial charge in [0.2, 0.25) is 0 Å². The first-order valence-electron chi connectivity index (χ1n) is 3.65. The molecule has 62 valence electrons. The van der Waals surface area contributed by atoms with E-state index in [2.05, 4.69) is 36.4 Å². The molecule has 0 heterocycles. The third kappa shape index (κ3) is 3.16. The van der Waals surface area contributed by atoms with Gasteiger partial charge in [0.25, 0.3) is 0 Å². The van der Waals surface area contributed by atoms with E-state index in [0.29, 0.717) is 18.4 Å². The van der Waals surface area contributed by atoms with Crippen LogP contribution in [0.1, 0.15) is 13.8 Å². The van der Waals surface area contributed by atoms with Crippen molar-refractivity contribution < 1.29 is 0 Å². The highest BCUT2D eigenvalue weighted by molar-refractivity contribution is 14.1. The van der Waals surface area contributed by atoms with Crippen LogP contribution in [0.5, 0.6) is 0 Å². The van der Waals surface area contributed by atoms with Gasteiger partial charge in [-0.05, 0) is 11.8 Å². The van der Waals surface area contributed by atoms with E-state index in [1.54, 1.807) is 0 Å². The Morgan fingerprint density at radius 1 is 1.40 bits per heavy atom. The van der Waals surface area contributed by atoms with Gasteiger partial charge in [0, 0.05) is 17.0 Å². The third-order valence-corrected chi connectivity index (χ3v) is 3.48. The Bertz CT molecular complexity index is 77.7. The van der Waals surface area contributed by atoms with Crippen LogP contribution < -0.4 is 11.5 Å². The fraction of sp³-hybridized carbons (Fsp3) is 1.00. The molecule has 0 bridgehead atoms.